The van der Waals surface area contributed by atoms with E-state index in [9.17, 15) is 9.59 Å². The molecule has 1 heterocycles. The van der Waals surface area contributed by atoms with Crippen molar-refractivity contribution in [3.63, 3.8) is 0 Å². The summed E-state index contributed by atoms with van der Waals surface area (Å²) in [5.41, 5.74) is 2.98. The molecule has 0 radical (unpaired) electrons. The summed E-state index contributed by atoms with van der Waals surface area (Å²) in [5.74, 6) is 0.413. The van der Waals surface area contributed by atoms with Gasteiger partial charge in [-0.3, -0.25) is 4.79 Å². The molecule has 0 spiro atoms. The van der Waals surface area contributed by atoms with Crippen molar-refractivity contribution in [3.05, 3.63) is 76.0 Å². The highest BCUT2D eigenvalue weighted by Gasteiger charge is 2.37. The van der Waals surface area contributed by atoms with E-state index >= 15 is 0 Å². The van der Waals surface area contributed by atoms with Gasteiger partial charge in [0.1, 0.15) is 12.4 Å². The average Bonchev–Trinajstić information content (AvgIpc) is 2.85. The molecule has 2 aromatic rings. The third kappa shape index (κ3) is 7.11. The van der Waals surface area contributed by atoms with Gasteiger partial charge in [-0.05, 0) is 61.1 Å². The van der Waals surface area contributed by atoms with Crippen LogP contribution < -0.4 is 4.74 Å². The fourth-order valence-corrected chi connectivity index (χ4v) is 4.63. The Bertz CT molecular complexity index is 1030. The van der Waals surface area contributed by atoms with E-state index in [1.165, 1.54) is 0 Å². The minimum absolute atomic E-state index is 0.0321. The lowest BCUT2D eigenvalue weighted by Crippen LogP contribution is -2.40. The summed E-state index contributed by atoms with van der Waals surface area (Å²) in [4.78, 5) is 28.4. The van der Waals surface area contributed by atoms with Crippen LogP contribution in [-0.4, -0.2) is 29.9 Å². The highest BCUT2D eigenvalue weighted by atomic mass is 35.5. The van der Waals surface area contributed by atoms with E-state index in [4.69, 9.17) is 21.1 Å². The van der Waals surface area contributed by atoms with E-state index in [0.717, 1.165) is 36.1 Å². The molecule has 3 rings (SSSR count). The standard InChI is InChI=1S/C29H36ClNO4/c1-5-7-20(3)18-31-21(4)28(26(17-27(31)32)23-10-12-24(30)13-11-23)29(33)35-19-22-8-14-25(15-9-22)34-16-6-2/h8-15,20,26H,5-7,16-19H2,1-4H3. The highest BCUT2D eigenvalue weighted by molar-refractivity contribution is 6.30. The largest absolute Gasteiger partial charge is 0.494 e. The molecule has 1 aliphatic heterocycles. The van der Waals surface area contributed by atoms with Crippen LogP contribution in [0, 0.1) is 5.92 Å². The Labute approximate surface area is 214 Å². The van der Waals surface area contributed by atoms with Gasteiger partial charge in [-0.15, -0.1) is 0 Å². The zero-order chi connectivity index (χ0) is 25.4. The monoisotopic (exact) mass is 497 g/mol. The maximum absolute atomic E-state index is 13.4. The second kappa shape index (κ2) is 12.8. The average molecular weight is 498 g/mol. The van der Waals surface area contributed by atoms with Gasteiger partial charge in [0.2, 0.25) is 5.91 Å². The summed E-state index contributed by atoms with van der Waals surface area (Å²) >= 11 is 6.09. The fourth-order valence-electron chi connectivity index (χ4n) is 4.50. The molecular formula is C29H36ClNO4. The number of carbonyl (C=O) groups is 2. The van der Waals surface area contributed by atoms with Crippen LogP contribution in [0.25, 0.3) is 0 Å². The van der Waals surface area contributed by atoms with Crippen LogP contribution in [0.5, 0.6) is 5.75 Å². The molecule has 2 atom stereocenters. The first kappa shape index (κ1) is 26.8. The number of hydrogen-bond donors (Lipinski definition) is 0. The number of amides is 1. The Morgan fingerprint density at radius 2 is 1.77 bits per heavy atom. The van der Waals surface area contributed by atoms with Gasteiger partial charge in [0.05, 0.1) is 12.2 Å². The van der Waals surface area contributed by atoms with Gasteiger partial charge in [0.25, 0.3) is 0 Å². The smallest absolute Gasteiger partial charge is 0.336 e. The molecule has 35 heavy (non-hydrogen) atoms. The summed E-state index contributed by atoms with van der Waals surface area (Å²) in [6, 6.07) is 14.9. The summed E-state index contributed by atoms with van der Waals surface area (Å²) < 4.78 is 11.4. The predicted octanol–water partition coefficient (Wildman–Crippen LogP) is 6.90. The van der Waals surface area contributed by atoms with Crippen molar-refractivity contribution >= 4 is 23.5 Å². The first-order chi connectivity index (χ1) is 16.8. The Morgan fingerprint density at radius 1 is 1.09 bits per heavy atom. The topological polar surface area (TPSA) is 55.8 Å². The first-order valence-corrected chi connectivity index (χ1v) is 12.9. The molecule has 0 saturated carbocycles. The minimum atomic E-state index is -0.394. The van der Waals surface area contributed by atoms with Crippen LogP contribution in [0.1, 0.15) is 70.4 Å². The zero-order valence-corrected chi connectivity index (χ0v) is 21.9. The lowest BCUT2D eigenvalue weighted by Gasteiger charge is -2.36. The van der Waals surface area contributed by atoms with Crippen molar-refractivity contribution in [2.24, 2.45) is 5.92 Å². The van der Waals surface area contributed by atoms with Crippen molar-refractivity contribution in [1.82, 2.24) is 4.90 Å². The normalized spacial score (nSPS) is 16.9. The van der Waals surface area contributed by atoms with Gasteiger partial charge in [-0.25, -0.2) is 4.79 Å². The van der Waals surface area contributed by atoms with E-state index in [0.29, 0.717) is 35.4 Å². The molecule has 0 bridgehead atoms. The number of carbonyl (C=O) groups excluding carboxylic acids is 2. The van der Waals surface area contributed by atoms with Gasteiger partial charge in [0.15, 0.2) is 0 Å². The van der Waals surface area contributed by atoms with E-state index in [-0.39, 0.29) is 24.9 Å². The summed E-state index contributed by atoms with van der Waals surface area (Å²) in [6.45, 7) is 9.61. The van der Waals surface area contributed by atoms with Crippen LogP contribution in [-0.2, 0) is 20.9 Å². The second-order valence-corrected chi connectivity index (χ2v) is 9.71. The number of allylic oxidation sites excluding steroid dienone is 1. The lowest BCUT2D eigenvalue weighted by atomic mass is 9.83. The molecule has 0 aliphatic carbocycles. The predicted molar refractivity (Wildman–Crippen MR) is 139 cm³/mol. The van der Waals surface area contributed by atoms with Crippen molar-refractivity contribution in [2.75, 3.05) is 13.2 Å². The van der Waals surface area contributed by atoms with E-state index in [1.54, 1.807) is 17.0 Å². The Kier molecular flexibility index (Phi) is 9.79. The van der Waals surface area contributed by atoms with Crippen molar-refractivity contribution in [1.29, 1.82) is 0 Å². The number of esters is 1. The molecule has 0 saturated heterocycles. The second-order valence-electron chi connectivity index (χ2n) is 9.27. The van der Waals surface area contributed by atoms with Crippen molar-refractivity contribution < 1.29 is 19.1 Å². The third-order valence-electron chi connectivity index (χ3n) is 6.36. The van der Waals surface area contributed by atoms with E-state index in [2.05, 4.69) is 20.8 Å². The van der Waals surface area contributed by atoms with E-state index < -0.39 is 5.97 Å². The Morgan fingerprint density at radius 3 is 2.40 bits per heavy atom. The molecule has 188 valence electrons. The van der Waals surface area contributed by atoms with Crippen LogP contribution in [0.3, 0.4) is 0 Å². The van der Waals surface area contributed by atoms with Crippen LogP contribution in [0.15, 0.2) is 59.8 Å². The van der Waals surface area contributed by atoms with Gasteiger partial charge >= 0.3 is 5.97 Å². The molecule has 2 unspecified atom stereocenters. The van der Waals surface area contributed by atoms with Crippen molar-refractivity contribution in [3.8, 4) is 5.75 Å². The molecule has 0 fully saturated rings. The SMILES string of the molecule is CCCOc1ccc(COC(=O)C2=C(C)N(CC(C)CCC)C(=O)CC2c2ccc(Cl)cc2)cc1. The van der Waals surface area contributed by atoms with Gasteiger partial charge < -0.3 is 14.4 Å². The maximum atomic E-state index is 13.4. The Hall–Kier alpha value is -2.79. The third-order valence-corrected chi connectivity index (χ3v) is 6.61. The summed E-state index contributed by atoms with van der Waals surface area (Å²) in [5, 5.41) is 0.613. The molecule has 0 aromatic heterocycles. The quantitative estimate of drug-likeness (QED) is 0.317. The highest BCUT2D eigenvalue weighted by Crippen LogP contribution is 2.38. The van der Waals surface area contributed by atoms with E-state index in [1.807, 2.05) is 43.3 Å². The number of nitrogens with zero attached hydrogens (tertiary/aromatic N) is 1. The number of halogens is 1. The van der Waals surface area contributed by atoms with Crippen molar-refractivity contribution in [2.45, 2.75) is 65.9 Å². The molecular weight excluding hydrogens is 462 g/mol. The first-order valence-electron chi connectivity index (χ1n) is 12.5. The molecule has 5 nitrogen and oxygen atoms in total. The fraction of sp³-hybridized carbons (Fsp3) is 0.448. The number of ether oxygens (including phenoxy) is 2. The summed E-state index contributed by atoms with van der Waals surface area (Å²) in [7, 11) is 0. The van der Waals surface area contributed by atoms with Gasteiger partial charge in [0, 0.05) is 29.6 Å². The molecule has 2 aromatic carbocycles. The van der Waals surface area contributed by atoms with Crippen LogP contribution in [0.4, 0.5) is 0 Å². The lowest BCUT2D eigenvalue weighted by molar-refractivity contribution is -0.141. The molecule has 1 amide bonds. The number of rotatable bonds is 11. The molecule has 1 aliphatic rings. The van der Waals surface area contributed by atoms with Gasteiger partial charge in [-0.2, -0.15) is 0 Å². The number of benzene rings is 2. The number of hydrogen-bond acceptors (Lipinski definition) is 4. The Balaban J connectivity index is 1.84. The minimum Gasteiger partial charge on any atom is -0.494 e. The van der Waals surface area contributed by atoms with Gasteiger partial charge in [-0.1, -0.05) is 63.1 Å². The van der Waals surface area contributed by atoms with Crippen LogP contribution in [0.2, 0.25) is 5.02 Å². The van der Waals surface area contributed by atoms with Crippen LogP contribution >= 0.6 is 11.6 Å². The molecule has 6 heteroatoms. The molecule has 0 N–H and O–H groups in total. The zero-order valence-electron chi connectivity index (χ0n) is 21.2. The maximum Gasteiger partial charge on any atom is 0.336 e. The summed E-state index contributed by atoms with van der Waals surface area (Å²) in [6.07, 6.45) is 3.25.